The van der Waals surface area contributed by atoms with Gasteiger partial charge in [-0.1, -0.05) is 24.6 Å². The fraction of sp³-hybridized carbons (Fsp3) is 0.682. The number of hydrogen-bond acceptors (Lipinski definition) is 5. The molecule has 1 aromatic rings. The minimum Gasteiger partial charge on any atom is -0.444 e. The summed E-state index contributed by atoms with van der Waals surface area (Å²) in [5.41, 5.74) is 0.539. The highest BCUT2D eigenvalue weighted by atomic mass is 32.2. The molecule has 1 atom stereocenters. The maximum atomic E-state index is 12.3. The van der Waals surface area contributed by atoms with Crippen LogP contribution in [0.25, 0.3) is 0 Å². The van der Waals surface area contributed by atoms with Crippen molar-refractivity contribution in [2.45, 2.75) is 70.8 Å². The largest absolute Gasteiger partial charge is 0.444 e. The zero-order chi connectivity index (χ0) is 21.7. The van der Waals surface area contributed by atoms with Gasteiger partial charge in [-0.15, -0.1) is 0 Å². The Morgan fingerprint density at radius 1 is 1.17 bits per heavy atom. The summed E-state index contributed by atoms with van der Waals surface area (Å²) >= 11 is 0. The molecule has 0 unspecified atom stereocenters. The Morgan fingerprint density at radius 3 is 2.31 bits per heavy atom. The summed E-state index contributed by atoms with van der Waals surface area (Å²) in [5, 5.41) is 0. The van der Waals surface area contributed by atoms with Gasteiger partial charge >= 0.3 is 6.09 Å². The highest BCUT2D eigenvalue weighted by Crippen LogP contribution is 2.25. The van der Waals surface area contributed by atoms with E-state index in [2.05, 4.69) is 0 Å². The summed E-state index contributed by atoms with van der Waals surface area (Å²) in [6, 6.07) is 6.69. The lowest BCUT2D eigenvalue weighted by Crippen LogP contribution is -2.41. The summed E-state index contributed by atoms with van der Waals surface area (Å²) in [4.78, 5) is 14.1. The number of ether oxygens (including phenoxy) is 1. The lowest BCUT2D eigenvalue weighted by molar-refractivity contribution is 0.0179. The minimum atomic E-state index is -3.71. The van der Waals surface area contributed by atoms with Crippen molar-refractivity contribution in [2.75, 3.05) is 19.7 Å². The van der Waals surface area contributed by atoms with Gasteiger partial charge in [0.05, 0.1) is 11.5 Å². The van der Waals surface area contributed by atoms with E-state index in [9.17, 15) is 13.2 Å². The summed E-state index contributed by atoms with van der Waals surface area (Å²) in [6.07, 6.45) is 3.58. The summed E-state index contributed by atoms with van der Waals surface area (Å²) in [7, 11) is -3.71. The van der Waals surface area contributed by atoms with Crippen LogP contribution in [0, 0.1) is 18.8 Å². The van der Waals surface area contributed by atoms with Crippen LogP contribution < -0.4 is 0 Å². The van der Waals surface area contributed by atoms with Gasteiger partial charge in [0.15, 0.2) is 0 Å². The Bertz CT molecular complexity index is 759. The number of likely N-dealkylation sites (tertiary alicyclic amines) is 1. The Morgan fingerprint density at radius 2 is 1.76 bits per heavy atom. The van der Waals surface area contributed by atoms with E-state index >= 15 is 0 Å². The highest BCUT2D eigenvalue weighted by molar-refractivity contribution is 7.86. The third-order valence-electron chi connectivity index (χ3n) is 5.15. The molecule has 0 aromatic heterocycles. The summed E-state index contributed by atoms with van der Waals surface area (Å²) < 4.78 is 35.2. The summed E-state index contributed by atoms with van der Waals surface area (Å²) in [6.45, 7) is 11.2. The first kappa shape index (κ1) is 23.7. The molecule has 1 fully saturated rings. The quantitative estimate of drug-likeness (QED) is 0.589. The number of benzene rings is 1. The van der Waals surface area contributed by atoms with Crippen molar-refractivity contribution in [3.05, 3.63) is 29.8 Å². The monoisotopic (exact) mass is 425 g/mol. The van der Waals surface area contributed by atoms with Gasteiger partial charge in [-0.25, -0.2) is 4.79 Å². The average molecular weight is 426 g/mol. The molecule has 1 aromatic carbocycles. The molecular formula is C22H35NO5S. The van der Waals surface area contributed by atoms with Gasteiger partial charge in [0, 0.05) is 13.1 Å². The van der Waals surface area contributed by atoms with E-state index in [4.69, 9.17) is 8.92 Å². The zero-order valence-corrected chi connectivity index (χ0v) is 19.1. The number of amides is 1. The molecule has 1 aliphatic heterocycles. The van der Waals surface area contributed by atoms with Crippen molar-refractivity contribution < 1.29 is 22.1 Å². The molecular weight excluding hydrogens is 390 g/mol. The van der Waals surface area contributed by atoms with Crippen LogP contribution in [0.2, 0.25) is 0 Å². The Kier molecular flexibility index (Phi) is 8.11. The van der Waals surface area contributed by atoms with Gasteiger partial charge < -0.3 is 9.64 Å². The topological polar surface area (TPSA) is 72.9 Å². The van der Waals surface area contributed by atoms with Gasteiger partial charge in [-0.3, -0.25) is 4.18 Å². The number of nitrogens with zero attached hydrogens (tertiary/aromatic N) is 1. The Labute approximate surface area is 175 Å². The molecule has 0 spiro atoms. The van der Waals surface area contributed by atoms with Crippen LogP contribution in [0.4, 0.5) is 4.79 Å². The second-order valence-electron chi connectivity index (χ2n) is 9.14. The van der Waals surface area contributed by atoms with Gasteiger partial charge in [0.25, 0.3) is 10.1 Å². The lowest BCUT2D eigenvalue weighted by atomic mass is 9.89. The van der Waals surface area contributed by atoms with Crippen molar-refractivity contribution in [2.24, 2.45) is 11.8 Å². The number of carbonyl (C=O) groups excluding carboxylic acids is 1. The standard InChI is InChI=1S/C22H35NO5S/c1-17-7-10-20(11-8-17)29(25,26)27-16-18(2)6-9-19-12-14-23(15-13-19)21(24)28-22(3,4)5/h7-8,10-11,18-19H,6,9,12-16H2,1-5H3/t18-/m1/s1. The van der Waals surface area contributed by atoms with Crippen molar-refractivity contribution >= 4 is 16.2 Å². The predicted octanol–water partition coefficient (Wildman–Crippen LogP) is 4.76. The molecule has 7 heteroatoms. The average Bonchev–Trinajstić information content (AvgIpc) is 2.64. The first-order chi connectivity index (χ1) is 13.5. The number of carbonyl (C=O) groups is 1. The third kappa shape index (κ3) is 7.97. The molecule has 1 heterocycles. The first-order valence-corrected chi connectivity index (χ1v) is 11.8. The molecule has 0 radical (unpaired) electrons. The van der Waals surface area contributed by atoms with E-state index in [0.717, 1.165) is 31.2 Å². The first-order valence-electron chi connectivity index (χ1n) is 10.4. The van der Waals surface area contributed by atoms with Crippen molar-refractivity contribution in [1.29, 1.82) is 0 Å². The maximum Gasteiger partial charge on any atom is 0.410 e. The van der Waals surface area contributed by atoms with Crippen LogP contribution >= 0.6 is 0 Å². The van der Waals surface area contributed by atoms with E-state index in [1.807, 2.05) is 34.6 Å². The van der Waals surface area contributed by atoms with E-state index in [0.29, 0.717) is 19.0 Å². The molecule has 1 saturated heterocycles. The minimum absolute atomic E-state index is 0.152. The SMILES string of the molecule is Cc1ccc(S(=O)(=O)OC[C@H](C)CCC2CCN(C(=O)OC(C)(C)C)CC2)cc1. The van der Waals surface area contributed by atoms with Crippen molar-refractivity contribution in [3.63, 3.8) is 0 Å². The fourth-order valence-electron chi connectivity index (χ4n) is 3.31. The van der Waals surface area contributed by atoms with Crippen molar-refractivity contribution in [1.82, 2.24) is 4.90 Å². The van der Waals surface area contributed by atoms with E-state index in [1.54, 1.807) is 29.2 Å². The van der Waals surface area contributed by atoms with E-state index in [1.165, 1.54) is 0 Å². The van der Waals surface area contributed by atoms with Crippen LogP contribution in [-0.4, -0.2) is 44.7 Å². The van der Waals surface area contributed by atoms with Crippen LogP contribution in [0.1, 0.15) is 58.9 Å². The Hall–Kier alpha value is -1.60. The van der Waals surface area contributed by atoms with Crippen LogP contribution in [0.5, 0.6) is 0 Å². The molecule has 1 aliphatic rings. The number of piperidine rings is 1. The second kappa shape index (κ2) is 9.94. The number of rotatable bonds is 7. The molecule has 0 bridgehead atoms. The van der Waals surface area contributed by atoms with Crippen LogP contribution in [0.3, 0.4) is 0 Å². The molecule has 2 rings (SSSR count). The number of aryl methyl sites for hydroxylation is 1. The molecule has 0 aliphatic carbocycles. The van der Waals surface area contributed by atoms with Crippen molar-refractivity contribution in [3.8, 4) is 0 Å². The molecule has 1 amide bonds. The smallest absolute Gasteiger partial charge is 0.410 e. The maximum absolute atomic E-state index is 12.3. The summed E-state index contributed by atoms with van der Waals surface area (Å²) in [5.74, 6) is 0.698. The molecule has 29 heavy (non-hydrogen) atoms. The van der Waals surface area contributed by atoms with Gasteiger partial charge in [-0.2, -0.15) is 8.42 Å². The number of hydrogen-bond donors (Lipinski definition) is 0. The lowest BCUT2D eigenvalue weighted by Gasteiger charge is -2.33. The van der Waals surface area contributed by atoms with Gasteiger partial charge in [0.2, 0.25) is 0 Å². The molecule has 6 nitrogen and oxygen atoms in total. The highest BCUT2D eigenvalue weighted by Gasteiger charge is 2.27. The predicted molar refractivity (Wildman–Crippen MR) is 113 cm³/mol. The second-order valence-corrected chi connectivity index (χ2v) is 10.8. The molecule has 0 N–H and O–H groups in total. The molecule has 164 valence electrons. The molecule has 0 saturated carbocycles. The van der Waals surface area contributed by atoms with Gasteiger partial charge in [0.1, 0.15) is 5.60 Å². The van der Waals surface area contributed by atoms with Gasteiger partial charge in [-0.05, 0) is 77.3 Å². The van der Waals surface area contributed by atoms with E-state index in [-0.39, 0.29) is 23.5 Å². The van der Waals surface area contributed by atoms with Crippen LogP contribution in [0.15, 0.2) is 29.2 Å². The van der Waals surface area contributed by atoms with E-state index < -0.39 is 15.7 Å². The fourth-order valence-corrected chi connectivity index (χ4v) is 4.33. The third-order valence-corrected chi connectivity index (χ3v) is 6.45. The normalized spacial score (nSPS) is 17.2. The zero-order valence-electron chi connectivity index (χ0n) is 18.3. The Balaban J connectivity index is 1.70. The van der Waals surface area contributed by atoms with Crippen LogP contribution in [-0.2, 0) is 19.0 Å².